The monoisotopic (exact) mass is 269 g/mol. The Kier molecular flexibility index (Phi) is 3.81. The Bertz CT molecular complexity index is 587. The zero-order valence-electron chi connectivity index (χ0n) is 9.60. The zero-order chi connectivity index (χ0) is 13.8. The molecule has 1 aromatic carbocycles. The lowest BCUT2D eigenvalue weighted by molar-refractivity contribution is -0.387. The van der Waals surface area contributed by atoms with Crippen molar-refractivity contribution in [3.8, 4) is 0 Å². The first-order chi connectivity index (χ1) is 9.08. The molecule has 1 aromatic heterocycles. The van der Waals surface area contributed by atoms with Gasteiger partial charge in [0.1, 0.15) is 12.1 Å². The van der Waals surface area contributed by atoms with Crippen molar-refractivity contribution in [3.63, 3.8) is 0 Å². The van der Waals surface area contributed by atoms with Gasteiger partial charge in [0.25, 0.3) is 0 Å². The van der Waals surface area contributed by atoms with Crippen molar-refractivity contribution in [2.75, 3.05) is 0 Å². The van der Waals surface area contributed by atoms with Gasteiger partial charge in [0.05, 0.1) is 10.6 Å². The number of nitro groups is 1. The van der Waals surface area contributed by atoms with Gasteiger partial charge in [-0.1, -0.05) is 5.16 Å². The van der Waals surface area contributed by atoms with E-state index in [1.165, 1.54) is 6.26 Å². The third-order valence-electron chi connectivity index (χ3n) is 2.43. The van der Waals surface area contributed by atoms with Gasteiger partial charge in [-0.25, -0.2) is 4.39 Å². The second kappa shape index (κ2) is 5.53. The summed E-state index contributed by atoms with van der Waals surface area (Å²) >= 11 is 0. The van der Waals surface area contributed by atoms with E-state index in [2.05, 4.69) is 15.0 Å². The standard InChI is InChI=1S/C11H9F2N3O3/c12-9-4-10(13)11(16(17)18)3-7(9)5-14-6-8-1-2-19-15-8/h1-4,14H,5-6H2. The quantitative estimate of drug-likeness (QED) is 0.664. The van der Waals surface area contributed by atoms with Crippen LogP contribution >= 0.6 is 0 Å². The lowest BCUT2D eigenvalue weighted by atomic mass is 10.1. The van der Waals surface area contributed by atoms with Gasteiger partial charge in [-0.3, -0.25) is 10.1 Å². The summed E-state index contributed by atoms with van der Waals surface area (Å²) in [6.45, 7) is 0.320. The van der Waals surface area contributed by atoms with Gasteiger partial charge in [0.15, 0.2) is 0 Å². The minimum Gasteiger partial charge on any atom is -0.364 e. The summed E-state index contributed by atoms with van der Waals surface area (Å²) in [6, 6.07) is 3.00. The molecule has 100 valence electrons. The number of benzene rings is 1. The molecule has 0 radical (unpaired) electrons. The number of nitrogens with one attached hydrogen (secondary N) is 1. The zero-order valence-corrected chi connectivity index (χ0v) is 9.60. The summed E-state index contributed by atoms with van der Waals surface area (Å²) in [5.41, 5.74) is -0.131. The SMILES string of the molecule is O=[N+]([O-])c1cc(CNCc2ccon2)c(F)cc1F. The molecule has 6 nitrogen and oxygen atoms in total. The van der Waals surface area contributed by atoms with Crippen LogP contribution in [0.25, 0.3) is 0 Å². The van der Waals surface area contributed by atoms with Crippen molar-refractivity contribution in [2.24, 2.45) is 0 Å². The van der Waals surface area contributed by atoms with Crippen LogP contribution in [0.2, 0.25) is 0 Å². The molecule has 0 unspecified atom stereocenters. The average Bonchev–Trinajstić information content (AvgIpc) is 2.84. The maximum Gasteiger partial charge on any atom is 0.305 e. The van der Waals surface area contributed by atoms with Crippen LogP contribution in [-0.2, 0) is 13.1 Å². The third kappa shape index (κ3) is 3.10. The van der Waals surface area contributed by atoms with Gasteiger partial charge in [-0.15, -0.1) is 0 Å². The van der Waals surface area contributed by atoms with E-state index in [0.717, 1.165) is 6.07 Å². The summed E-state index contributed by atoms with van der Waals surface area (Å²) in [6.07, 6.45) is 1.39. The molecule has 0 saturated carbocycles. The topological polar surface area (TPSA) is 81.2 Å². The Morgan fingerprint density at radius 3 is 2.74 bits per heavy atom. The van der Waals surface area contributed by atoms with Crippen LogP contribution in [0.5, 0.6) is 0 Å². The number of hydrogen-bond donors (Lipinski definition) is 1. The first-order valence-corrected chi connectivity index (χ1v) is 5.30. The highest BCUT2D eigenvalue weighted by molar-refractivity contribution is 5.37. The second-order valence-corrected chi connectivity index (χ2v) is 3.75. The maximum absolute atomic E-state index is 13.4. The second-order valence-electron chi connectivity index (χ2n) is 3.75. The molecule has 19 heavy (non-hydrogen) atoms. The Morgan fingerprint density at radius 1 is 1.32 bits per heavy atom. The van der Waals surface area contributed by atoms with Crippen LogP contribution in [0, 0.1) is 21.7 Å². The predicted molar refractivity (Wildman–Crippen MR) is 60.1 cm³/mol. The van der Waals surface area contributed by atoms with Crippen molar-refractivity contribution >= 4 is 5.69 Å². The van der Waals surface area contributed by atoms with Gasteiger partial charge in [-0.2, -0.15) is 4.39 Å². The van der Waals surface area contributed by atoms with Crippen molar-refractivity contribution in [3.05, 3.63) is 57.5 Å². The van der Waals surface area contributed by atoms with Crippen LogP contribution in [0.3, 0.4) is 0 Å². The number of hydrogen-bond acceptors (Lipinski definition) is 5. The molecule has 0 atom stereocenters. The fraction of sp³-hybridized carbons (Fsp3) is 0.182. The van der Waals surface area contributed by atoms with Crippen molar-refractivity contribution in [1.82, 2.24) is 10.5 Å². The molecule has 0 aliphatic rings. The van der Waals surface area contributed by atoms with Gasteiger partial charge in [0.2, 0.25) is 5.82 Å². The highest BCUT2D eigenvalue weighted by Crippen LogP contribution is 2.21. The fourth-order valence-electron chi connectivity index (χ4n) is 1.51. The average molecular weight is 269 g/mol. The Labute approximate surface area is 106 Å². The first kappa shape index (κ1) is 13.1. The Morgan fingerprint density at radius 2 is 2.11 bits per heavy atom. The summed E-state index contributed by atoms with van der Waals surface area (Å²) in [7, 11) is 0. The van der Waals surface area contributed by atoms with Gasteiger partial charge in [0, 0.05) is 36.9 Å². The third-order valence-corrected chi connectivity index (χ3v) is 2.43. The van der Waals surface area contributed by atoms with Gasteiger partial charge in [-0.05, 0) is 0 Å². The lowest BCUT2D eigenvalue weighted by Gasteiger charge is -2.05. The molecule has 1 N–H and O–H groups in total. The minimum absolute atomic E-state index is 0.0107. The fourth-order valence-corrected chi connectivity index (χ4v) is 1.51. The molecule has 0 aliphatic carbocycles. The Balaban J connectivity index is 2.07. The number of aromatic nitrogens is 1. The van der Waals surface area contributed by atoms with Crippen LogP contribution in [0.1, 0.15) is 11.3 Å². The predicted octanol–water partition coefficient (Wildman–Crippen LogP) is 2.15. The summed E-state index contributed by atoms with van der Waals surface area (Å²) in [5, 5.41) is 17.0. The molecular weight excluding hydrogens is 260 g/mol. The molecule has 0 amide bonds. The van der Waals surface area contributed by atoms with E-state index in [1.807, 2.05) is 0 Å². The van der Waals surface area contributed by atoms with E-state index < -0.39 is 22.2 Å². The lowest BCUT2D eigenvalue weighted by Crippen LogP contribution is -2.14. The molecule has 0 spiro atoms. The number of nitro benzene ring substituents is 1. The minimum atomic E-state index is -1.19. The van der Waals surface area contributed by atoms with E-state index >= 15 is 0 Å². The van der Waals surface area contributed by atoms with Crippen molar-refractivity contribution in [1.29, 1.82) is 0 Å². The molecular formula is C11H9F2N3O3. The summed E-state index contributed by atoms with van der Waals surface area (Å²) < 4.78 is 31.1. The van der Waals surface area contributed by atoms with E-state index in [4.69, 9.17) is 0 Å². The van der Waals surface area contributed by atoms with Crippen molar-refractivity contribution in [2.45, 2.75) is 13.1 Å². The van der Waals surface area contributed by atoms with Crippen LogP contribution in [0.15, 0.2) is 29.0 Å². The molecule has 0 fully saturated rings. The molecule has 0 bridgehead atoms. The normalized spacial score (nSPS) is 10.6. The summed E-state index contributed by atoms with van der Waals surface area (Å²) in [5.74, 6) is -2.03. The highest BCUT2D eigenvalue weighted by atomic mass is 19.1. The van der Waals surface area contributed by atoms with Crippen LogP contribution in [-0.4, -0.2) is 10.1 Å². The number of halogens is 2. The van der Waals surface area contributed by atoms with Crippen LogP contribution < -0.4 is 5.32 Å². The van der Waals surface area contributed by atoms with E-state index in [1.54, 1.807) is 6.07 Å². The molecule has 1 heterocycles. The van der Waals surface area contributed by atoms with E-state index in [0.29, 0.717) is 18.3 Å². The van der Waals surface area contributed by atoms with E-state index in [9.17, 15) is 18.9 Å². The van der Waals surface area contributed by atoms with Crippen molar-refractivity contribution < 1.29 is 18.2 Å². The molecule has 0 saturated heterocycles. The molecule has 2 rings (SSSR count). The van der Waals surface area contributed by atoms with Crippen LogP contribution in [0.4, 0.5) is 14.5 Å². The Hall–Kier alpha value is -2.35. The highest BCUT2D eigenvalue weighted by Gasteiger charge is 2.18. The molecule has 0 aliphatic heterocycles. The number of nitrogens with zero attached hydrogens (tertiary/aromatic N) is 2. The van der Waals surface area contributed by atoms with Gasteiger partial charge < -0.3 is 9.84 Å². The summed E-state index contributed by atoms with van der Waals surface area (Å²) in [4.78, 5) is 9.65. The maximum atomic E-state index is 13.4. The largest absolute Gasteiger partial charge is 0.364 e. The first-order valence-electron chi connectivity index (χ1n) is 5.30. The smallest absolute Gasteiger partial charge is 0.305 e. The van der Waals surface area contributed by atoms with E-state index in [-0.39, 0.29) is 12.1 Å². The molecule has 8 heteroatoms. The number of rotatable bonds is 5. The van der Waals surface area contributed by atoms with Gasteiger partial charge >= 0.3 is 5.69 Å². The molecule has 2 aromatic rings.